The zero-order valence-corrected chi connectivity index (χ0v) is 11.4. The van der Waals surface area contributed by atoms with Gasteiger partial charge in [-0.05, 0) is 31.9 Å². The van der Waals surface area contributed by atoms with Gasteiger partial charge in [-0.1, -0.05) is 18.2 Å². The van der Waals surface area contributed by atoms with E-state index >= 15 is 0 Å². The minimum Gasteiger partial charge on any atom is -0.496 e. The van der Waals surface area contributed by atoms with Crippen molar-refractivity contribution in [2.45, 2.75) is 20.3 Å². The predicted octanol–water partition coefficient (Wildman–Crippen LogP) is 2.91. The fourth-order valence-electron chi connectivity index (χ4n) is 1.98. The highest BCUT2D eigenvalue weighted by Crippen LogP contribution is 2.24. The van der Waals surface area contributed by atoms with E-state index in [-0.39, 0.29) is 5.91 Å². The third kappa shape index (κ3) is 2.92. The van der Waals surface area contributed by atoms with Gasteiger partial charge in [0.05, 0.1) is 12.7 Å². The largest absolute Gasteiger partial charge is 0.496 e. The van der Waals surface area contributed by atoms with Crippen LogP contribution in [0.3, 0.4) is 0 Å². The Balaban J connectivity index is 3.25. The van der Waals surface area contributed by atoms with Crippen LogP contribution in [-0.2, 0) is 6.42 Å². The summed E-state index contributed by atoms with van der Waals surface area (Å²) in [6, 6.07) is 5.67. The highest BCUT2D eigenvalue weighted by atomic mass is 16.5. The molecule has 0 saturated heterocycles. The number of nitrogens with zero attached hydrogens (tertiary/aromatic N) is 1. The van der Waals surface area contributed by atoms with E-state index in [1.807, 2.05) is 32.0 Å². The lowest BCUT2D eigenvalue weighted by molar-refractivity contribution is 0.0768. The van der Waals surface area contributed by atoms with Crippen LogP contribution in [0.1, 0.15) is 29.8 Å². The molecule has 3 heteroatoms. The van der Waals surface area contributed by atoms with Crippen molar-refractivity contribution >= 4 is 5.91 Å². The summed E-state index contributed by atoms with van der Waals surface area (Å²) in [6.07, 6.45) is 2.47. The molecule has 0 heterocycles. The average molecular weight is 247 g/mol. The predicted molar refractivity (Wildman–Crippen MR) is 74.1 cm³/mol. The van der Waals surface area contributed by atoms with E-state index in [1.54, 1.807) is 18.1 Å². The van der Waals surface area contributed by atoms with Gasteiger partial charge in [0.2, 0.25) is 0 Å². The minimum atomic E-state index is 0.0225. The van der Waals surface area contributed by atoms with Gasteiger partial charge in [-0.2, -0.15) is 0 Å². The van der Waals surface area contributed by atoms with Crippen LogP contribution in [0, 0.1) is 0 Å². The van der Waals surface area contributed by atoms with Gasteiger partial charge in [-0.25, -0.2) is 0 Å². The number of amides is 1. The van der Waals surface area contributed by atoms with E-state index in [0.29, 0.717) is 30.8 Å². The summed E-state index contributed by atoms with van der Waals surface area (Å²) in [7, 11) is 1.59. The highest BCUT2D eigenvalue weighted by Gasteiger charge is 2.20. The lowest BCUT2D eigenvalue weighted by Crippen LogP contribution is -2.31. The molecule has 0 N–H and O–H groups in total. The van der Waals surface area contributed by atoms with Crippen molar-refractivity contribution in [2.24, 2.45) is 0 Å². The number of carbonyl (C=O) groups is 1. The van der Waals surface area contributed by atoms with Gasteiger partial charge in [0.15, 0.2) is 0 Å². The molecule has 0 atom stereocenters. The molecule has 0 radical (unpaired) electrons. The molecule has 1 aromatic carbocycles. The fraction of sp³-hybridized carbons (Fsp3) is 0.400. The number of allylic oxidation sites excluding steroid dienone is 1. The van der Waals surface area contributed by atoms with Crippen molar-refractivity contribution in [3.63, 3.8) is 0 Å². The molecule has 98 valence electrons. The molecule has 1 aromatic rings. The molecule has 0 aliphatic rings. The Bertz CT molecular complexity index is 423. The summed E-state index contributed by atoms with van der Waals surface area (Å²) in [6.45, 7) is 9.07. The number of hydrogen-bond donors (Lipinski definition) is 0. The Kier molecular flexibility index (Phi) is 5.43. The van der Waals surface area contributed by atoms with Crippen molar-refractivity contribution in [1.29, 1.82) is 0 Å². The Morgan fingerprint density at radius 3 is 2.56 bits per heavy atom. The van der Waals surface area contributed by atoms with E-state index < -0.39 is 0 Å². The first-order valence-electron chi connectivity index (χ1n) is 6.25. The van der Waals surface area contributed by atoms with Crippen LogP contribution in [0.4, 0.5) is 0 Å². The van der Waals surface area contributed by atoms with Gasteiger partial charge in [0, 0.05) is 13.1 Å². The van der Waals surface area contributed by atoms with Crippen LogP contribution >= 0.6 is 0 Å². The van der Waals surface area contributed by atoms with Gasteiger partial charge >= 0.3 is 0 Å². The third-order valence-electron chi connectivity index (χ3n) is 2.96. The Morgan fingerprint density at radius 1 is 1.39 bits per heavy atom. The summed E-state index contributed by atoms with van der Waals surface area (Å²) < 4.78 is 5.31. The lowest BCUT2D eigenvalue weighted by Gasteiger charge is -2.21. The Labute approximate surface area is 109 Å². The number of hydrogen-bond acceptors (Lipinski definition) is 2. The van der Waals surface area contributed by atoms with Crippen LogP contribution in [0.15, 0.2) is 30.9 Å². The monoisotopic (exact) mass is 247 g/mol. The first-order valence-corrected chi connectivity index (χ1v) is 6.25. The SMILES string of the molecule is C=CCc1cccc(OC)c1C(=O)N(CC)CC. The molecular formula is C15H21NO2. The van der Waals surface area contributed by atoms with Crippen LogP contribution in [0.25, 0.3) is 0 Å². The second-order valence-corrected chi connectivity index (χ2v) is 3.96. The number of methoxy groups -OCH3 is 1. The molecule has 0 aliphatic heterocycles. The molecule has 0 unspecified atom stereocenters. The minimum absolute atomic E-state index is 0.0225. The van der Waals surface area contributed by atoms with Crippen LogP contribution in [0.5, 0.6) is 5.75 Å². The number of carbonyl (C=O) groups excluding carboxylic acids is 1. The van der Waals surface area contributed by atoms with E-state index in [4.69, 9.17) is 4.74 Å². The smallest absolute Gasteiger partial charge is 0.257 e. The molecule has 0 aliphatic carbocycles. The number of rotatable bonds is 6. The second kappa shape index (κ2) is 6.84. The fourth-order valence-corrected chi connectivity index (χ4v) is 1.98. The number of benzene rings is 1. The normalized spacial score (nSPS) is 9.94. The molecule has 0 fully saturated rings. The van der Waals surface area contributed by atoms with E-state index in [1.165, 1.54) is 0 Å². The van der Waals surface area contributed by atoms with Crippen LogP contribution in [-0.4, -0.2) is 31.0 Å². The third-order valence-corrected chi connectivity index (χ3v) is 2.96. The molecule has 0 saturated carbocycles. The Hall–Kier alpha value is -1.77. The maximum absolute atomic E-state index is 12.5. The van der Waals surface area contributed by atoms with Gasteiger partial charge in [-0.3, -0.25) is 4.79 Å². The summed E-state index contributed by atoms with van der Waals surface area (Å²) >= 11 is 0. The lowest BCUT2D eigenvalue weighted by atomic mass is 10.0. The first-order chi connectivity index (χ1) is 8.69. The molecule has 18 heavy (non-hydrogen) atoms. The molecule has 1 rings (SSSR count). The van der Waals surface area contributed by atoms with Crippen molar-refractivity contribution in [3.8, 4) is 5.75 Å². The summed E-state index contributed by atoms with van der Waals surface area (Å²) in [5, 5.41) is 0. The molecule has 3 nitrogen and oxygen atoms in total. The zero-order chi connectivity index (χ0) is 13.5. The van der Waals surface area contributed by atoms with Crippen molar-refractivity contribution < 1.29 is 9.53 Å². The summed E-state index contributed by atoms with van der Waals surface area (Å²) in [5.74, 6) is 0.653. The molecule has 0 aromatic heterocycles. The molecular weight excluding hydrogens is 226 g/mol. The maximum atomic E-state index is 12.5. The maximum Gasteiger partial charge on any atom is 0.257 e. The van der Waals surface area contributed by atoms with Gasteiger partial charge in [0.25, 0.3) is 5.91 Å². The first kappa shape index (κ1) is 14.3. The van der Waals surface area contributed by atoms with Gasteiger partial charge in [0.1, 0.15) is 5.75 Å². The molecule has 0 spiro atoms. The second-order valence-electron chi connectivity index (χ2n) is 3.96. The average Bonchev–Trinajstić information content (AvgIpc) is 2.40. The van der Waals surface area contributed by atoms with Gasteiger partial charge in [-0.15, -0.1) is 6.58 Å². The zero-order valence-electron chi connectivity index (χ0n) is 11.4. The highest BCUT2D eigenvalue weighted by molar-refractivity contribution is 5.98. The van der Waals surface area contributed by atoms with Crippen LogP contribution in [0.2, 0.25) is 0 Å². The molecule has 1 amide bonds. The summed E-state index contributed by atoms with van der Waals surface area (Å²) in [4.78, 5) is 14.3. The van der Waals surface area contributed by atoms with E-state index in [0.717, 1.165) is 5.56 Å². The van der Waals surface area contributed by atoms with Crippen molar-refractivity contribution in [3.05, 3.63) is 42.0 Å². The van der Waals surface area contributed by atoms with Crippen molar-refractivity contribution in [1.82, 2.24) is 4.90 Å². The number of ether oxygens (including phenoxy) is 1. The van der Waals surface area contributed by atoms with Crippen molar-refractivity contribution in [2.75, 3.05) is 20.2 Å². The van der Waals surface area contributed by atoms with Gasteiger partial charge < -0.3 is 9.64 Å². The molecule has 0 bridgehead atoms. The van der Waals surface area contributed by atoms with E-state index in [9.17, 15) is 4.79 Å². The Morgan fingerprint density at radius 2 is 2.06 bits per heavy atom. The quantitative estimate of drug-likeness (QED) is 0.723. The topological polar surface area (TPSA) is 29.5 Å². The van der Waals surface area contributed by atoms with Crippen LogP contribution < -0.4 is 4.74 Å². The summed E-state index contributed by atoms with van der Waals surface area (Å²) in [5.41, 5.74) is 1.62. The van der Waals surface area contributed by atoms with E-state index in [2.05, 4.69) is 6.58 Å². The standard InChI is InChI=1S/C15H21NO2/c1-5-9-12-10-8-11-13(18-4)14(12)15(17)16(6-2)7-3/h5,8,10-11H,1,6-7,9H2,2-4H3.